The smallest absolute Gasteiger partial charge is 0.178 e. The summed E-state index contributed by atoms with van der Waals surface area (Å²) in [6.45, 7) is 26.3. The van der Waals surface area contributed by atoms with Crippen LogP contribution in [0, 0.1) is 34.6 Å². The van der Waals surface area contributed by atoms with Gasteiger partial charge in [0.25, 0.3) is 0 Å². The van der Waals surface area contributed by atoms with E-state index in [0.717, 1.165) is 34.8 Å². The van der Waals surface area contributed by atoms with Crippen LogP contribution in [0.15, 0.2) is 268 Å². The first-order valence-electron chi connectivity index (χ1n) is 35.9. The molecule has 5 unspecified atom stereocenters. The molecule has 0 saturated carbocycles. The van der Waals surface area contributed by atoms with E-state index in [4.69, 9.17) is 0 Å². The van der Waals surface area contributed by atoms with Crippen LogP contribution in [-0.2, 0) is 0 Å². The van der Waals surface area contributed by atoms with Gasteiger partial charge in [-0.2, -0.15) is 0 Å². The molecule has 17 rings (SSSR count). The van der Waals surface area contributed by atoms with Gasteiger partial charge in [-0.3, -0.25) is 0 Å². The molecular weight excluding hydrogens is 1270 g/mol. The van der Waals surface area contributed by atoms with Crippen molar-refractivity contribution in [3.63, 3.8) is 0 Å². The Kier molecular flexibility index (Phi) is 20.5. The van der Waals surface area contributed by atoms with Crippen molar-refractivity contribution in [2.45, 2.75) is 120 Å². The second kappa shape index (κ2) is 30.2. The molecule has 522 valence electrons. The second-order valence-electron chi connectivity index (χ2n) is 27.3. The second-order valence-corrected chi connectivity index (χ2v) is 27.3. The Morgan fingerprint density at radius 1 is 0.243 bits per heavy atom. The lowest BCUT2D eigenvalue weighted by atomic mass is 10.0. The predicted octanol–water partition coefficient (Wildman–Crippen LogP) is 21.1. The van der Waals surface area contributed by atoms with Gasteiger partial charge in [-0.25, -0.2) is 24.9 Å². The van der Waals surface area contributed by atoms with Crippen molar-refractivity contribution in [1.29, 1.82) is 0 Å². The fraction of sp³-hybridized carbons (Fsp3) is 0.239. The lowest BCUT2D eigenvalue weighted by Crippen LogP contribution is -2.36. The normalized spacial score (nSPS) is 17.3. The van der Waals surface area contributed by atoms with Crippen LogP contribution in [0.4, 0.5) is 97.3 Å². The lowest BCUT2D eigenvalue weighted by molar-refractivity contribution is 0.726. The number of aryl methyl sites for hydroxylation is 5. The molecule has 5 aliphatic rings. The van der Waals surface area contributed by atoms with Crippen LogP contribution in [-0.4, -0.2) is 76.9 Å². The van der Waals surface area contributed by atoms with Crippen molar-refractivity contribution < 1.29 is 0 Å². The molecule has 0 N–H and O–H groups in total. The van der Waals surface area contributed by atoms with Gasteiger partial charge in [-0.05, 0) is 212 Å². The van der Waals surface area contributed by atoms with Crippen LogP contribution >= 0.6 is 0 Å². The summed E-state index contributed by atoms with van der Waals surface area (Å²) in [6, 6.07) is 82.9. The molecule has 15 heteroatoms. The molecule has 0 amide bonds. The minimum Gasteiger partial charge on any atom is -0.351 e. The predicted molar refractivity (Wildman–Crippen MR) is 432 cm³/mol. The van der Waals surface area contributed by atoms with Crippen molar-refractivity contribution in [3.8, 4) is 0 Å². The molecule has 0 aliphatic carbocycles. The maximum absolute atomic E-state index is 4.67. The zero-order valence-corrected chi connectivity index (χ0v) is 62.1. The molecule has 0 saturated heterocycles. The summed E-state index contributed by atoms with van der Waals surface area (Å²) >= 11 is 0. The molecule has 5 aliphatic heterocycles. The van der Waals surface area contributed by atoms with Crippen molar-refractivity contribution in [2.24, 2.45) is 0 Å². The highest BCUT2D eigenvalue weighted by molar-refractivity contribution is 5.90. The molecule has 0 spiro atoms. The molecule has 12 aromatic rings. The zero-order chi connectivity index (χ0) is 72.2. The standard InChI is InChI=1S/C24H26N2.C20H19N3.2C15H17N3.C14H16N4/c1-17(2)20-14-15-23-24(16-20)26(22-13-9-8-10-18(22)3)19(4)25(23)21-11-6-5-7-12-21;1-15-9-6-7-12-18(15)23-16(2)22(17-10-4-3-5-11-17)19-13-8-14-21-20(19)23;1-11-7-4-5-8-13(11)18-12(2)17(3)15-14(18)9-6-10-16-15;1-11-7-4-5-8-13(11)18-12(2)17(3)14-9-6-10-16-15(14)18;1-10-6-4-5-7-12(10)18-11(2)17(3)13-14(18)16-9-8-15-13/h5-17,19H,1-4H3;3-14,16H,1-2H3;2*4-10,12H,1-3H3;4-9,11H,1-3H3. The minimum absolute atomic E-state index is 0.170. The first kappa shape index (κ1) is 69.8. The molecule has 4 aromatic heterocycles. The Morgan fingerprint density at radius 3 is 1.02 bits per heavy atom. The number of para-hydroxylation sites is 7. The van der Waals surface area contributed by atoms with Crippen LogP contribution in [0.3, 0.4) is 0 Å². The van der Waals surface area contributed by atoms with Crippen LogP contribution in [0.2, 0.25) is 0 Å². The number of aromatic nitrogens is 5. The number of fused-ring (bicyclic) bond motifs is 5. The number of pyridine rings is 3. The van der Waals surface area contributed by atoms with E-state index in [-0.39, 0.29) is 30.8 Å². The van der Waals surface area contributed by atoms with Gasteiger partial charge in [0, 0.05) is 91.9 Å². The Morgan fingerprint density at radius 2 is 0.553 bits per heavy atom. The summed E-state index contributed by atoms with van der Waals surface area (Å²) in [4.78, 5) is 45.7. The molecule has 0 fully saturated rings. The van der Waals surface area contributed by atoms with E-state index >= 15 is 0 Å². The van der Waals surface area contributed by atoms with Gasteiger partial charge in [0.2, 0.25) is 0 Å². The topological polar surface area (TPSA) is 96.8 Å². The van der Waals surface area contributed by atoms with Crippen LogP contribution in [0.5, 0.6) is 0 Å². The molecule has 9 heterocycles. The third kappa shape index (κ3) is 13.5. The van der Waals surface area contributed by atoms with Gasteiger partial charge in [-0.1, -0.05) is 147 Å². The van der Waals surface area contributed by atoms with E-state index in [1.165, 1.54) is 95.9 Å². The van der Waals surface area contributed by atoms with E-state index in [9.17, 15) is 0 Å². The number of rotatable bonds is 8. The van der Waals surface area contributed by atoms with Crippen molar-refractivity contribution in [3.05, 3.63) is 301 Å². The maximum Gasteiger partial charge on any atom is 0.178 e. The van der Waals surface area contributed by atoms with Gasteiger partial charge in [0.15, 0.2) is 29.1 Å². The molecular formula is C88H95N15. The molecule has 103 heavy (non-hydrogen) atoms. The molecule has 0 radical (unpaired) electrons. The average molecular weight is 1360 g/mol. The Labute approximate surface area is 609 Å². The third-order valence-corrected chi connectivity index (χ3v) is 20.6. The summed E-state index contributed by atoms with van der Waals surface area (Å²) in [5.41, 5.74) is 22.4. The highest BCUT2D eigenvalue weighted by atomic mass is 15.5. The number of anilines is 17. The van der Waals surface area contributed by atoms with E-state index in [0.29, 0.717) is 5.92 Å². The fourth-order valence-corrected chi connectivity index (χ4v) is 14.8. The van der Waals surface area contributed by atoms with Gasteiger partial charge in [0.05, 0.1) is 28.4 Å². The average Bonchev–Trinajstić information content (AvgIpc) is 1.63. The molecule has 0 bridgehead atoms. The maximum atomic E-state index is 4.67. The van der Waals surface area contributed by atoms with E-state index in [2.05, 4.69) is 390 Å². The minimum atomic E-state index is 0.170. The highest BCUT2D eigenvalue weighted by Crippen LogP contribution is 2.51. The number of hydrogen-bond donors (Lipinski definition) is 0. The zero-order valence-electron chi connectivity index (χ0n) is 62.1. The first-order chi connectivity index (χ1) is 49.9. The third-order valence-electron chi connectivity index (χ3n) is 20.6. The summed E-state index contributed by atoms with van der Waals surface area (Å²) in [7, 11) is 6.26. The van der Waals surface area contributed by atoms with E-state index < -0.39 is 0 Å². The quantitative estimate of drug-likeness (QED) is 0.144. The van der Waals surface area contributed by atoms with Gasteiger partial charge >= 0.3 is 0 Å². The Bertz CT molecular complexity index is 4640. The Balaban J connectivity index is 0.000000116. The number of benzene rings is 8. The van der Waals surface area contributed by atoms with Crippen molar-refractivity contribution in [2.75, 3.05) is 70.1 Å². The number of nitrogens with zero attached hydrogens (tertiary/aromatic N) is 15. The van der Waals surface area contributed by atoms with E-state index in [1.54, 1.807) is 12.4 Å². The SMILES string of the molecule is Cc1ccccc1N1c2cc(C(C)C)ccc2N(c2ccccc2)C1C.Cc1ccccc1N1c2cccnc2N(C)C1C.Cc1ccccc1N1c2ncccc2N(C)C1C.Cc1ccccc1N1c2ncccc2N(c2ccccc2)C1C.Cc1ccccc1N1c2nccnc2N(C)C1C. The first-order valence-corrected chi connectivity index (χ1v) is 35.9. The largest absolute Gasteiger partial charge is 0.351 e. The van der Waals surface area contributed by atoms with Crippen molar-refractivity contribution in [1.82, 2.24) is 24.9 Å². The summed E-state index contributed by atoms with van der Waals surface area (Å²) in [5, 5.41) is 0. The summed E-state index contributed by atoms with van der Waals surface area (Å²) < 4.78 is 0. The summed E-state index contributed by atoms with van der Waals surface area (Å²) in [5.74, 6) is 5.49. The fourth-order valence-electron chi connectivity index (χ4n) is 14.8. The van der Waals surface area contributed by atoms with Crippen molar-refractivity contribution >= 4 is 97.3 Å². The van der Waals surface area contributed by atoms with E-state index in [1.807, 2.05) is 42.9 Å². The Hall–Kier alpha value is -11.7. The molecule has 15 nitrogen and oxygen atoms in total. The van der Waals surface area contributed by atoms with Gasteiger partial charge in [-0.15, -0.1) is 0 Å². The van der Waals surface area contributed by atoms with Gasteiger partial charge in [0.1, 0.15) is 30.8 Å². The molecule has 8 aromatic carbocycles. The molecule has 5 atom stereocenters. The number of hydrogen-bond acceptors (Lipinski definition) is 15. The summed E-state index contributed by atoms with van der Waals surface area (Å²) in [6.07, 6.45) is 10.2. The van der Waals surface area contributed by atoms with Gasteiger partial charge < -0.3 is 49.0 Å². The lowest BCUT2D eigenvalue weighted by Gasteiger charge is -2.31. The van der Waals surface area contributed by atoms with Crippen LogP contribution in [0.1, 0.15) is 87.8 Å². The highest BCUT2D eigenvalue weighted by Gasteiger charge is 2.40. The van der Waals surface area contributed by atoms with Crippen LogP contribution < -0.4 is 49.0 Å². The monoisotopic (exact) mass is 1360 g/mol. The van der Waals surface area contributed by atoms with Crippen LogP contribution in [0.25, 0.3) is 0 Å².